The molecule has 1 aromatic heterocycles. The van der Waals surface area contributed by atoms with Gasteiger partial charge in [-0.3, -0.25) is 0 Å². The van der Waals surface area contributed by atoms with Gasteiger partial charge in [-0.25, -0.2) is 13.1 Å². The molecule has 0 aliphatic heterocycles. The molecular formula is C13H10BrN3O2S2. The van der Waals surface area contributed by atoms with Crippen LogP contribution in [-0.4, -0.2) is 17.2 Å². The largest absolute Gasteiger partial charge is 0.243 e. The summed E-state index contributed by atoms with van der Waals surface area (Å²) in [6.07, 6.45) is 0. The molecule has 108 valence electrons. The lowest BCUT2D eigenvalue weighted by Gasteiger charge is -2.08. The molecule has 0 spiro atoms. The van der Waals surface area contributed by atoms with Crippen molar-refractivity contribution in [1.29, 1.82) is 0 Å². The summed E-state index contributed by atoms with van der Waals surface area (Å²) < 4.78 is 36.4. The van der Waals surface area contributed by atoms with Gasteiger partial charge in [-0.15, -0.1) is 0 Å². The van der Waals surface area contributed by atoms with Crippen molar-refractivity contribution in [1.82, 2.24) is 13.5 Å². The number of hydrogen-bond donors (Lipinski definition) is 1. The van der Waals surface area contributed by atoms with Gasteiger partial charge in [0, 0.05) is 11.0 Å². The lowest BCUT2D eigenvalue weighted by Crippen LogP contribution is -2.23. The standard InChI is InChI=1S/C13H10BrN3O2S2/c14-10-5-2-1-4-9(10)8-15-21(18,19)12-7-3-6-11-13(12)17-20-16-11/h1-7,15H,8H2. The molecular weight excluding hydrogens is 374 g/mol. The zero-order valence-corrected chi connectivity index (χ0v) is 13.9. The highest BCUT2D eigenvalue weighted by Gasteiger charge is 2.19. The van der Waals surface area contributed by atoms with Crippen LogP contribution in [0.1, 0.15) is 5.56 Å². The summed E-state index contributed by atoms with van der Waals surface area (Å²) in [6, 6.07) is 12.4. The number of halogens is 1. The van der Waals surface area contributed by atoms with E-state index in [4.69, 9.17) is 0 Å². The van der Waals surface area contributed by atoms with Crippen LogP contribution < -0.4 is 4.72 Å². The van der Waals surface area contributed by atoms with Crippen LogP contribution in [0.25, 0.3) is 11.0 Å². The predicted molar refractivity (Wildman–Crippen MR) is 85.6 cm³/mol. The summed E-state index contributed by atoms with van der Waals surface area (Å²) in [6.45, 7) is 0.206. The average Bonchev–Trinajstić information content (AvgIpc) is 2.94. The van der Waals surface area contributed by atoms with Crippen LogP contribution in [0.15, 0.2) is 51.8 Å². The van der Waals surface area contributed by atoms with E-state index in [1.807, 2.05) is 24.3 Å². The van der Waals surface area contributed by atoms with Crippen molar-refractivity contribution in [2.75, 3.05) is 0 Å². The minimum Gasteiger partial charge on any atom is -0.207 e. The Kier molecular flexibility index (Phi) is 4.03. The fourth-order valence-corrected chi connectivity index (χ4v) is 4.09. The Balaban J connectivity index is 1.91. The molecule has 0 unspecified atom stereocenters. The van der Waals surface area contributed by atoms with E-state index in [-0.39, 0.29) is 11.4 Å². The van der Waals surface area contributed by atoms with Gasteiger partial charge in [0.2, 0.25) is 10.0 Å². The van der Waals surface area contributed by atoms with Crippen molar-refractivity contribution in [2.45, 2.75) is 11.4 Å². The van der Waals surface area contributed by atoms with Crippen molar-refractivity contribution >= 4 is 48.7 Å². The highest BCUT2D eigenvalue weighted by molar-refractivity contribution is 9.10. The van der Waals surface area contributed by atoms with Gasteiger partial charge in [-0.2, -0.15) is 8.75 Å². The van der Waals surface area contributed by atoms with E-state index in [9.17, 15) is 8.42 Å². The number of fused-ring (bicyclic) bond motifs is 1. The summed E-state index contributed by atoms with van der Waals surface area (Å²) in [5.74, 6) is 0. The van der Waals surface area contributed by atoms with Gasteiger partial charge in [0.05, 0.1) is 11.7 Å². The zero-order valence-electron chi connectivity index (χ0n) is 10.7. The molecule has 0 atom stereocenters. The Hall–Kier alpha value is -1.35. The van der Waals surface area contributed by atoms with Gasteiger partial charge in [0.1, 0.15) is 15.9 Å². The molecule has 0 saturated carbocycles. The molecule has 0 radical (unpaired) electrons. The molecule has 21 heavy (non-hydrogen) atoms. The maximum Gasteiger partial charge on any atom is 0.243 e. The molecule has 0 saturated heterocycles. The number of nitrogens with zero attached hydrogens (tertiary/aromatic N) is 2. The summed E-state index contributed by atoms with van der Waals surface area (Å²) in [4.78, 5) is 0.154. The molecule has 5 nitrogen and oxygen atoms in total. The van der Waals surface area contributed by atoms with E-state index >= 15 is 0 Å². The first-order chi connectivity index (χ1) is 10.1. The highest BCUT2D eigenvalue weighted by Crippen LogP contribution is 2.22. The quantitative estimate of drug-likeness (QED) is 0.751. The lowest BCUT2D eigenvalue weighted by molar-refractivity contribution is 0.582. The first-order valence-electron chi connectivity index (χ1n) is 6.02. The Bertz CT molecular complexity index is 893. The SMILES string of the molecule is O=S(=O)(NCc1ccccc1Br)c1cccc2nsnc12. The van der Waals surface area contributed by atoms with E-state index in [0.717, 1.165) is 21.8 Å². The maximum atomic E-state index is 12.4. The summed E-state index contributed by atoms with van der Waals surface area (Å²) in [5, 5.41) is 0. The van der Waals surface area contributed by atoms with Crippen LogP contribution in [-0.2, 0) is 16.6 Å². The average molecular weight is 384 g/mol. The van der Waals surface area contributed by atoms with Gasteiger partial charge in [-0.1, -0.05) is 40.2 Å². The van der Waals surface area contributed by atoms with E-state index in [0.29, 0.717) is 11.0 Å². The van der Waals surface area contributed by atoms with Crippen molar-refractivity contribution in [3.8, 4) is 0 Å². The molecule has 0 aliphatic rings. The monoisotopic (exact) mass is 383 g/mol. The molecule has 0 bridgehead atoms. The molecule has 0 amide bonds. The number of rotatable bonds is 4. The number of aromatic nitrogens is 2. The van der Waals surface area contributed by atoms with E-state index in [1.165, 1.54) is 6.07 Å². The smallest absolute Gasteiger partial charge is 0.207 e. The zero-order chi connectivity index (χ0) is 14.9. The predicted octanol–water partition coefficient (Wildman–Crippen LogP) is 2.93. The molecule has 3 rings (SSSR count). The van der Waals surface area contributed by atoms with Gasteiger partial charge in [0.15, 0.2) is 0 Å². The summed E-state index contributed by atoms with van der Waals surface area (Å²) >= 11 is 4.40. The Morgan fingerprint density at radius 1 is 1.10 bits per heavy atom. The molecule has 3 aromatic rings. The topological polar surface area (TPSA) is 72.0 Å². The minimum absolute atomic E-state index is 0.154. The summed E-state index contributed by atoms with van der Waals surface area (Å²) in [5.41, 5.74) is 1.86. The van der Waals surface area contributed by atoms with Gasteiger partial charge < -0.3 is 0 Å². The Morgan fingerprint density at radius 2 is 1.90 bits per heavy atom. The first kappa shape index (κ1) is 14.6. The van der Waals surface area contributed by atoms with Crippen molar-refractivity contribution in [3.05, 3.63) is 52.5 Å². The molecule has 1 heterocycles. The van der Waals surface area contributed by atoms with Crippen LogP contribution in [0, 0.1) is 0 Å². The lowest BCUT2D eigenvalue weighted by atomic mass is 10.2. The fourth-order valence-electron chi connectivity index (χ4n) is 1.89. The second kappa shape index (κ2) is 5.80. The van der Waals surface area contributed by atoms with E-state index < -0.39 is 10.0 Å². The van der Waals surface area contributed by atoms with Crippen LogP contribution in [0.2, 0.25) is 0 Å². The Labute approximate surface area is 134 Å². The van der Waals surface area contributed by atoms with Gasteiger partial charge in [0.25, 0.3) is 0 Å². The van der Waals surface area contributed by atoms with E-state index in [2.05, 4.69) is 29.4 Å². The highest BCUT2D eigenvalue weighted by atomic mass is 79.9. The fraction of sp³-hybridized carbons (Fsp3) is 0.0769. The van der Waals surface area contributed by atoms with Crippen molar-refractivity contribution in [3.63, 3.8) is 0 Å². The maximum absolute atomic E-state index is 12.4. The van der Waals surface area contributed by atoms with Crippen LogP contribution in [0.4, 0.5) is 0 Å². The third kappa shape index (κ3) is 2.98. The van der Waals surface area contributed by atoms with Crippen molar-refractivity contribution < 1.29 is 8.42 Å². The molecule has 0 aliphatic carbocycles. The molecule has 0 fully saturated rings. The number of nitrogens with one attached hydrogen (secondary N) is 1. The second-order valence-corrected chi connectivity index (χ2v) is 7.42. The van der Waals surface area contributed by atoms with Crippen LogP contribution in [0.3, 0.4) is 0 Å². The summed E-state index contributed by atoms with van der Waals surface area (Å²) in [7, 11) is -3.64. The molecule has 2 aromatic carbocycles. The van der Waals surface area contributed by atoms with Gasteiger partial charge >= 0.3 is 0 Å². The third-order valence-corrected chi connectivity index (χ3v) is 5.70. The Morgan fingerprint density at radius 3 is 2.71 bits per heavy atom. The van der Waals surface area contributed by atoms with Crippen LogP contribution in [0.5, 0.6) is 0 Å². The first-order valence-corrected chi connectivity index (χ1v) is 9.03. The third-order valence-electron chi connectivity index (χ3n) is 2.95. The normalized spacial score (nSPS) is 11.9. The number of benzene rings is 2. The number of sulfonamides is 1. The van der Waals surface area contributed by atoms with Crippen LogP contribution >= 0.6 is 27.7 Å². The number of hydrogen-bond acceptors (Lipinski definition) is 5. The second-order valence-electron chi connectivity index (χ2n) is 4.30. The van der Waals surface area contributed by atoms with Gasteiger partial charge in [-0.05, 0) is 23.8 Å². The molecule has 1 N–H and O–H groups in total. The van der Waals surface area contributed by atoms with E-state index in [1.54, 1.807) is 12.1 Å². The minimum atomic E-state index is -3.64. The molecule has 8 heteroatoms. The van der Waals surface area contributed by atoms with Crippen molar-refractivity contribution in [2.24, 2.45) is 0 Å².